The third-order valence-electron chi connectivity index (χ3n) is 5.47. The molecule has 0 bridgehead atoms. The summed E-state index contributed by atoms with van der Waals surface area (Å²) in [6, 6.07) is 21.5. The second-order valence-corrected chi connectivity index (χ2v) is 8.89. The lowest BCUT2D eigenvalue weighted by Gasteiger charge is -2.11. The van der Waals surface area contributed by atoms with Crippen molar-refractivity contribution in [1.29, 1.82) is 0 Å². The summed E-state index contributed by atoms with van der Waals surface area (Å²) in [5, 5.41) is 9.68. The molecule has 0 fully saturated rings. The van der Waals surface area contributed by atoms with Gasteiger partial charge in [-0.2, -0.15) is 0 Å². The molecule has 1 aromatic heterocycles. The smallest absolute Gasteiger partial charge is 0.231 e. The lowest BCUT2D eigenvalue weighted by molar-refractivity contribution is 0.0982. The van der Waals surface area contributed by atoms with Gasteiger partial charge in [-0.1, -0.05) is 48.2 Å². The van der Waals surface area contributed by atoms with Crippen LogP contribution in [0.25, 0.3) is 11.4 Å². The van der Waals surface area contributed by atoms with Crippen LogP contribution in [0.15, 0.2) is 78.0 Å². The van der Waals surface area contributed by atoms with E-state index >= 15 is 0 Å². The molecule has 34 heavy (non-hydrogen) atoms. The maximum Gasteiger partial charge on any atom is 0.231 e. The number of nitrogens with zero attached hydrogens (tertiary/aromatic N) is 3. The van der Waals surface area contributed by atoms with Gasteiger partial charge >= 0.3 is 0 Å². The fourth-order valence-corrected chi connectivity index (χ4v) is 4.61. The normalized spacial score (nSPS) is 12.1. The first-order valence-electron chi connectivity index (χ1n) is 11.0. The summed E-state index contributed by atoms with van der Waals surface area (Å²) in [7, 11) is 0. The second-order valence-electron chi connectivity index (χ2n) is 7.83. The molecule has 0 radical (unpaired) electrons. The molecule has 0 saturated heterocycles. The number of ether oxygens (including phenoxy) is 2. The van der Waals surface area contributed by atoms with Crippen molar-refractivity contribution >= 4 is 17.5 Å². The standard InChI is InChI=1S/C26H22FN3O3S/c27-21-11-9-19(10-12-21)22(31)7-4-14-34-26-29-28-25(20-5-2-1-3-6-20)30(26)16-18-8-13-23-24(15-18)33-17-32-23/h1-3,5-6,8-13,15H,4,7,14,16-17H2. The maximum atomic E-state index is 13.1. The molecule has 2 heterocycles. The Labute approximate surface area is 200 Å². The summed E-state index contributed by atoms with van der Waals surface area (Å²) < 4.78 is 26.1. The van der Waals surface area contributed by atoms with Crippen LogP contribution in [0.4, 0.5) is 4.39 Å². The van der Waals surface area contributed by atoms with Crippen molar-refractivity contribution in [1.82, 2.24) is 14.8 Å². The van der Waals surface area contributed by atoms with E-state index in [0.29, 0.717) is 30.7 Å². The van der Waals surface area contributed by atoms with Gasteiger partial charge in [0.25, 0.3) is 0 Å². The van der Waals surface area contributed by atoms with E-state index < -0.39 is 0 Å². The first kappa shape index (κ1) is 22.2. The van der Waals surface area contributed by atoms with E-state index in [0.717, 1.165) is 33.6 Å². The van der Waals surface area contributed by atoms with Crippen molar-refractivity contribution in [2.45, 2.75) is 24.5 Å². The number of Topliss-reactive ketones (excluding diaryl/α,β-unsaturated/α-hetero) is 1. The summed E-state index contributed by atoms with van der Waals surface area (Å²) in [6.45, 7) is 0.809. The first-order valence-corrected chi connectivity index (χ1v) is 11.9. The lowest BCUT2D eigenvalue weighted by Crippen LogP contribution is -2.05. The van der Waals surface area contributed by atoms with Crippen molar-refractivity contribution in [3.63, 3.8) is 0 Å². The summed E-state index contributed by atoms with van der Waals surface area (Å²) in [5.41, 5.74) is 2.56. The summed E-state index contributed by atoms with van der Waals surface area (Å²) >= 11 is 1.57. The number of carbonyl (C=O) groups is 1. The van der Waals surface area contributed by atoms with Crippen LogP contribution in [0.5, 0.6) is 11.5 Å². The highest BCUT2D eigenvalue weighted by atomic mass is 32.2. The number of rotatable bonds is 9. The van der Waals surface area contributed by atoms with Crippen molar-refractivity contribution < 1.29 is 18.7 Å². The van der Waals surface area contributed by atoms with Gasteiger partial charge in [-0.25, -0.2) is 4.39 Å². The van der Waals surface area contributed by atoms with Crippen LogP contribution < -0.4 is 9.47 Å². The molecule has 0 atom stereocenters. The van der Waals surface area contributed by atoms with Gasteiger partial charge in [0.15, 0.2) is 28.3 Å². The summed E-state index contributed by atoms with van der Waals surface area (Å²) in [4.78, 5) is 12.4. The Balaban J connectivity index is 1.30. The van der Waals surface area contributed by atoms with Crippen molar-refractivity contribution in [2.75, 3.05) is 12.5 Å². The Morgan fingerprint density at radius 2 is 1.76 bits per heavy atom. The zero-order chi connectivity index (χ0) is 23.3. The Morgan fingerprint density at radius 3 is 2.59 bits per heavy atom. The number of halogens is 1. The number of aromatic nitrogens is 3. The number of hydrogen-bond donors (Lipinski definition) is 0. The van der Waals surface area contributed by atoms with Gasteiger partial charge in [0.05, 0.1) is 6.54 Å². The lowest BCUT2D eigenvalue weighted by atomic mass is 10.1. The van der Waals surface area contributed by atoms with E-state index in [1.165, 1.54) is 24.3 Å². The molecule has 4 aromatic rings. The molecule has 0 N–H and O–H groups in total. The highest BCUT2D eigenvalue weighted by Crippen LogP contribution is 2.34. The van der Waals surface area contributed by atoms with Crippen molar-refractivity contribution in [3.8, 4) is 22.9 Å². The van der Waals surface area contributed by atoms with Crippen LogP contribution in [-0.2, 0) is 6.54 Å². The molecular formula is C26H22FN3O3S. The molecule has 3 aromatic carbocycles. The van der Waals surface area contributed by atoms with Crippen LogP contribution in [-0.4, -0.2) is 33.1 Å². The maximum absolute atomic E-state index is 13.1. The van der Waals surface area contributed by atoms with Gasteiger partial charge in [0.2, 0.25) is 6.79 Å². The quantitative estimate of drug-likeness (QED) is 0.178. The Bertz CT molecular complexity index is 1290. The largest absolute Gasteiger partial charge is 0.454 e. The predicted octanol–water partition coefficient (Wildman–Crippen LogP) is 5.62. The molecule has 0 saturated carbocycles. The molecular weight excluding hydrogens is 453 g/mol. The minimum atomic E-state index is -0.344. The molecule has 1 aliphatic rings. The van der Waals surface area contributed by atoms with E-state index in [2.05, 4.69) is 14.8 Å². The molecule has 8 heteroatoms. The molecule has 0 spiro atoms. The minimum absolute atomic E-state index is 0.00685. The van der Waals surface area contributed by atoms with Gasteiger partial charge < -0.3 is 9.47 Å². The predicted molar refractivity (Wildman–Crippen MR) is 128 cm³/mol. The SMILES string of the molecule is O=C(CCCSc1nnc(-c2ccccc2)n1Cc1ccc2c(c1)OCO2)c1ccc(F)cc1. The second kappa shape index (κ2) is 10.1. The number of hydrogen-bond acceptors (Lipinski definition) is 6. The van der Waals surface area contributed by atoms with Crippen molar-refractivity contribution in [3.05, 3.63) is 89.7 Å². The monoisotopic (exact) mass is 475 g/mol. The molecule has 0 unspecified atom stereocenters. The molecule has 172 valence electrons. The first-order chi connectivity index (χ1) is 16.7. The van der Waals surface area contributed by atoms with E-state index in [9.17, 15) is 9.18 Å². The fraction of sp³-hybridized carbons (Fsp3) is 0.192. The van der Waals surface area contributed by atoms with E-state index in [4.69, 9.17) is 9.47 Å². The van der Waals surface area contributed by atoms with E-state index in [-0.39, 0.29) is 18.4 Å². The van der Waals surface area contributed by atoms with E-state index in [1.807, 2.05) is 48.5 Å². The van der Waals surface area contributed by atoms with Gasteiger partial charge in [0.1, 0.15) is 5.82 Å². The van der Waals surface area contributed by atoms with Gasteiger partial charge in [0, 0.05) is 23.3 Å². The van der Waals surface area contributed by atoms with Gasteiger partial charge in [-0.15, -0.1) is 10.2 Å². The van der Waals surface area contributed by atoms with Gasteiger partial charge in [-0.05, 0) is 48.4 Å². The van der Waals surface area contributed by atoms with Crippen LogP contribution >= 0.6 is 11.8 Å². The van der Waals surface area contributed by atoms with Gasteiger partial charge in [-0.3, -0.25) is 9.36 Å². The third-order valence-corrected chi connectivity index (χ3v) is 6.53. The van der Waals surface area contributed by atoms with Crippen LogP contribution in [0.3, 0.4) is 0 Å². The zero-order valence-corrected chi connectivity index (χ0v) is 19.1. The zero-order valence-electron chi connectivity index (χ0n) is 18.3. The Morgan fingerprint density at radius 1 is 0.971 bits per heavy atom. The fourth-order valence-electron chi connectivity index (χ4n) is 3.74. The number of fused-ring (bicyclic) bond motifs is 1. The molecule has 6 nitrogen and oxygen atoms in total. The number of benzene rings is 3. The molecule has 0 amide bonds. The van der Waals surface area contributed by atoms with E-state index in [1.54, 1.807) is 11.8 Å². The third kappa shape index (κ3) is 4.97. The molecule has 0 aliphatic carbocycles. The number of carbonyl (C=O) groups excluding carboxylic acids is 1. The van der Waals surface area contributed by atoms with Crippen LogP contribution in [0.2, 0.25) is 0 Å². The highest BCUT2D eigenvalue weighted by molar-refractivity contribution is 7.99. The highest BCUT2D eigenvalue weighted by Gasteiger charge is 2.18. The number of thioether (sulfide) groups is 1. The minimum Gasteiger partial charge on any atom is -0.454 e. The molecule has 5 rings (SSSR count). The Hall–Kier alpha value is -3.65. The van der Waals surface area contributed by atoms with Crippen LogP contribution in [0.1, 0.15) is 28.8 Å². The summed E-state index contributed by atoms with van der Waals surface area (Å²) in [6.07, 6.45) is 1.07. The van der Waals surface area contributed by atoms with Crippen molar-refractivity contribution in [2.24, 2.45) is 0 Å². The molecule has 1 aliphatic heterocycles. The average Bonchev–Trinajstić information content (AvgIpc) is 3.49. The average molecular weight is 476 g/mol. The Kier molecular flexibility index (Phi) is 6.58. The summed E-state index contributed by atoms with van der Waals surface area (Å²) in [5.74, 6) is 2.64. The number of ketones is 1. The topological polar surface area (TPSA) is 66.2 Å². The van der Waals surface area contributed by atoms with Crippen LogP contribution in [0, 0.1) is 5.82 Å².